The van der Waals surface area contributed by atoms with E-state index in [1.807, 2.05) is 24.7 Å². The summed E-state index contributed by atoms with van der Waals surface area (Å²) in [5.41, 5.74) is 4.09. The summed E-state index contributed by atoms with van der Waals surface area (Å²) in [5.74, 6) is 0.915. The van der Waals surface area contributed by atoms with Crippen molar-refractivity contribution in [2.24, 2.45) is 0 Å². The van der Waals surface area contributed by atoms with Crippen LogP contribution in [0.25, 0.3) is 0 Å². The molecule has 0 aliphatic heterocycles. The van der Waals surface area contributed by atoms with Gasteiger partial charge in [0, 0.05) is 35.8 Å². The van der Waals surface area contributed by atoms with Gasteiger partial charge in [-0.2, -0.15) is 0 Å². The molecule has 0 unspecified atom stereocenters. The Balaban J connectivity index is 1.90. The monoisotopic (exact) mass is 277 g/mol. The molecule has 2 rings (SSSR count). The van der Waals surface area contributed by atoms with Gasteiger partial charge in [-0.1, -0.05) is 6.92 Å². The number of ether oxygens (including phenoxy) is 1. The molecule has 1 N–H and O–H groups in total. The first-order valence-corrected chi connectivity index (χ1v) is 7.34. The Hall–Kier alpha value is -1.46. The first kappa shape index (κ1) is 14.0. The molecule has 0 radical (unpaired) electrons. The van der Waals surface area contributed by atoms with E-state index in [1.54, 1.807) is 17.5 Å². The van der Waals surface area contributed by atoms with Gasteiger partial charge in [-0.25, -0.2) is 4.98 Å². The van der Waals surface area contributed by atoms with E-state index in [0.717, 1.165) is 36.5 Å². The molecule has 19 heavy (non-hydrogen) atoms. The summed E-state index contributed by atoms with van der Waals surface area (Å²) in [7, 11) is 0. The zero-order chi connectivity index (χ0) is 13.5. The quantitative estimate of drug-likeness (QED) is 0.845. The summed E-state index contributed by atoms with van der Waals surface area (Å²) >= 11 is 1.69. The van der Waals surface area contributed by atoms with Gasteiger partial charge < -0.3 is 10.1 Å². The zero-order valence-corrected chi connectivity index (χ0v) is 12.2. The number of nitrogens with zero attached hydrogens (tertiary/aromatic N) is 2. The maximum absolute atomic E-state index is 5.86. The van der Waals surface area contributed by atoms with E-state index in [9.17, 15) is 0 Å². The fourth-order valence-corrected chi connectivity index (χ4v) is 2.53. The molecule has 102 valence electrons. The van der Waals surface area contributed by atoms with Crippen molar-refractivity contribution in [3.05, 3.63) is 40.1 Å². The minimum absolute atomic E-state index is 0.673. The Morgan fingerprint density at radius 3 is 3.05 bits per heavy atom. The molecule has 0 saturated carbocycles. The summed E-state index contributed by atoms with van der Waals surface area (Å²) in [6.45, 7) is 6.53. The summed E-state index contributed by atoms with van der Waals surface area (Å²) < 4.78 is 5.86. The van der Waals surface area contributed by atoms with Gasteiger partial charge in [-0.05, 0) is 19.5 Å². The van der Waals surface area contributed by atoms with Crippen LogP contribution in [0.4, 0.5) is 0 Å². The summed E-state index contributed by atoms with van der Waals surface area (Å²) in [4.78, 5) is 9.68. The molecule has 0 saturated heterocycles. The SMILES string of the molecule is CCNCc1cnccc1OCCc1scnc1C. The summed E-state index contributed by atoms with van der Waals surface area (Å²) in [6, 6.07) is 1.92. The first-order chi connectivity index (χ1) is 9.31. The predicted octanol–water partition coefficient (Wildman–Crippen LogP) is 2.58. The Labute approximate surface area is 117 Å². The van der Waals surface area contributed by atoms with Crippen molar-refractivity contribution >= 4 is 11.3 Å². The van der Waals surface area contributed by atoms with Gasteiger partial charge in [-0.3, -0.25) is 4.98 Å². The second-order valence-electron chi connectivity index (χ2n) is 4.22. The number of pyridine rings is 1. The van der Waals surface area contributed by atoms with Crippen LogP contribution < -0.4 is 10.1 Å². The van der Waals surface area contributed by atoms with E-state index in [4.69, 9.17) is 4.74 Å². The molecule has 4 nitrogen and oxygen atoms in total. The maximum atomic E-state index is 5.86. The molecular weight excluding hydrogens is 258 g/mol. The third-order valence-corrected chi connectivity index (χ3v) is 3.85. The third kappa shape index (κ3) is 4.01. The van der Waals surface area contributed by atoms with Gasteiger partial charge in [-0.15, -0.1) is 11.3 Å². The summed E-state index contributed by atoms with van der Waals surface area (Å²) in [5, 5.41) is 3.29. The highest BCUT2D eigenvalue weighted by Gasteiger charge is 2.05. The lowest BCUT2D eigenvalue weighted by atomic mass is 10.2. The van der Waals surface area contributed by atoms with Crippen LogP contribution in [-0.4, -0.2) is 23.1 Å². The topological polar surface area (TPSA) is 47.0 Å². The van der Waals surface area contributed by atoms with Crippen LogP contribution in [0.1, 0.15) is 23.1 Å². The van der Waals surface area contributed by atoms with Gasteiger partial charge in [0.2, 0.25) is 0 Å². The van der Waals surface area contributed by atoms with Crippen LogP contribution in [-0.2, 0) is 13.0 Å². The van der Waals surface area contributed by atoms with Gasteiger partial charge >= 0.3 is 0 Å². The molecule has 2 aromatic rings. The average molecular weight is 277 g/mol. The third-order valence-electron chi connectivity index (χ3n) is 2.86. The van der Waals surface area contributed by atoms with Crippen LogP contribution in [0.2, 0.25) is 0 Å². The first-order valence-electron chi connectivity index (χ1n) is 6.46. The molecular formula is C14H19N3OS. The van der Waals surface area contributed by atoms with Crippen molar-refractivity contribution in [2.75, 3.05) is 13.2 Å². The molecule has 0 aliphatic rings. The molecule has 2 heterocycles. The van der Waals surface area contributed by atoms with Gasteiger partial charge in [0.25, 0.3) is 0 Å². The Kier molecular flexibility index (Phi) is 5.30. The van der Waals surface area contributed by atoms with Crippen molar-refractivity contribution in [1.29, 1.82) is 0 Å². The van der Waals surface area contributed by atoms with Crippen LogP contribution in [0.15, 0.2) is 24.0 Å². The Morgan fingerprint density at radius 1 is 1.42 bits per heavy atom. The number of rotatable bonds is 7. The highest BCUT2D eigenvalue weighted by Crippen LogP contribution is 2.18. The van der Waals surface area contributed by atoms with Crippen LogP contribution in [0.3, 0.4) is 0 Å². The fraction of sp³-hybridized carbons (Fsp3) is 0.429. The number of aryl methyl sites for hydroxylation is 1. The second-order valence-corrected chi connectivity index (χ2v) is 5.16. The van der Waals surface area contributed by atoms with Gasteiger partial charge in [0.15, 0.2) is 0 Å². The highest BCUT2D eigenvalue weighted by atomic mass is 32.1. The predicted molar refractivity (Wildman–Crippen MR) is 77.7 cm³/mol. The number of nitrogens with one attached hydrogen (secondary N) is 1. The van der Waals surface area contributed by atoms with E-state index in [0.29, 0.717) is 6.61 Å². The number of thiazole rings is 1. The van der Waals surface area contributed by atoms with Gasteiger partial charge in [0.1, 0.15) is 5.75 Å². The maximum Gasteiger partial charge on any atom is 0.126 e. The second kappa shape index (κ2) is 7.21. The van der Waals surface area contributed by atoms with E-state index in [-0.39, 0.29) is 0 Å². The molecule has 0 spiro atoms. The lowest BCUT2D eigenvalue weighted by Crippen LogP contribution is -2.13. The molecule has 0 amide bonds. The minimum Gasteiger partial charge on any atom is -0.493 e. The lowest BCUT2D eigenvalue weighted by Gasteiger charge is -2.10. The van der Waals surface area contributed by atoms with Crippen molar-refractivity contribution in [2.45, 2.75) is 26.8 Å². The Morgan fingerprint density at radius 2 is 2.32 bits per heavy atom. The summed E-state index contributed by atoms with van der Waals surface area (Å²) in [6.07, 6.45) is 4.53. The van der Waals surface area contributed by atoms with Crippen molar-refractivity contribution in [1.82, 2.24) is 15.3 Å². The molecule has 0 bridgehead atoms. The van der Waals surface area contributed by atoms with Crippen molar-refractivity contribution in [3.63, 3.8) is 0 Å². The smallest absolute Gasteiger partial charge is 0.126 e. The standard InChI is InChI=1S/C14H19N3OS/c1-3-15-8-12-9-16-6-4-13(12)18-7-5-14-11(2)17-10-19-14/h4,6,9-10,15H,3,5,7-8H2,1-2H3. The Bertz CT molecular complexity index is 513. The lowest BCUT2D eigenvalue weighted by molar-refractivity contribution is 0.318. The molecule has 0 fully saturated rings. The van der Waals surface area contributed by atoms with Crippen LogP contribution in [0, 0.1) is 6.92 Å². The van der Waals surface area contributed by atoms with Crippen LogP contribution >= 0.6 is 11.3 Å². The molecule has 0 aliphatic carbocycles. The number of hydrogen-bond donors (Lipinski definition) is 1. The van der Waals surface area contributed by atoms with E-state index in [1.165, 1.54) is 4.88 Å². The van der Waals surface area contributed by atoms with E-state index < -0.39 is 0 Å². The average Bonchev–Trinajstić information content (AvgIpc) is 2.83. The fourth-order valence-electron chi connectivity index (χ4n) is 1.77. The van der Waals surface area contributed by atoms with Crippen LogP contribution in [0.5, 0.6) is 5.75 Å². The number of hydrogen-bond acceptors (Lipinski definition) is 5. The highest BCUT2D eigenvalue weighted by molar-refractivity contribution is 7.09. The van der Waals surface area contributed by atoms with Crippen molar-refractivity contribution in [3.8, 4) is 5.75 Å². The van der Waals surface area contributed by atoms with E-state index >= 15 is 0 Å². The molecule has 2 aromatic heterocycles. The van der Waals surface area contributed by atoms with Gasteiger partial charge in [0.05, 0.1) is 17.8 Å². The molecule has 5 heteroatoms. The molecule has 0 atom stereocenters. The number of aromatic nitrogens is 2. The van der Waals surface area contributed by atoms with E-state index in [2.05, 4.69) is 22.2 Å². The normalized spacial score (nSPS) is 10.6. The minimum atomic E-state index is 0.673. The molecule has 0 aromatic carbocycles. The zero-order valence-electron chi connectivity index (χ0n) is 11.3. The largest absolute Gasteiger partial charge is 0.493 e. The van der Waals surface area contributed by atoms with Crippen molar-refractivity contribution < 1.29 is 4.74 Å².